The minimum absolute atomic E-state index is 0.0994. The molecule has 2 aliphatic carbocycles. The van der Waals surface area contributed by atoms with Crippen LogP contribution in [0.4, 0.5) is 17.2 Å². The predicted molar refractivity (Wildman–Crippen MR) is 106 cm³/mol. The van der Waals surface area contributed by atoms with Gasteiger partial charge in [0.15, 0.2) is 0 Å². The van der Waals surface area contributed by atoms with Crippen LogP contribution in [0.3, 0.4) is 0 Å². The molecule has 0 bridgehead atoms. The van der Waals surface area contributed by atoms with Crippen LogP contribution in [0.5, 0.6) is 0 Å². The molecule has 0 aromatic carbocycles. The van der Waals surface area contributed by atoms with Crippen LogP contribution in [0.25, 0.3) is 0 Å². The first-order valence-corrected chi connectivity index (χ1v) is 10.1. The van der Waals surface area contributed by atoms with E-state index in [2.05, 4.69) is 28.3 Å². The SMILES string of the molecule is CN1C(=O)C2CCCCC2N(C)c2cc(N[C@H]3CC[C@H](N)CC3)ncc21. The molecule has 26 heavy (non-hydrogen) atoms. The van der Waals surface area contributed by atoms with Gasteiger partial charge in [-0.2, -0.15) is 0 Å². The molecule has 3 aliphatic rings. The second kappa shape index (κ2) is 7.06. The third-order valence-electron chi connectivity index (χ3n) is 6.60. The predicted octanol–water partition coefficient (Wildman–Crippen LogP) is 2.73. The van der Waals surface area contributed by atoms with Crippen molar-refractivity contribution in [1.82, 2.24) is 4.98 Å². The molecule has 2 heterocycles. The van der Waals surface area contributed by atoms with E-state index >= 15 is 0 Å². The molecule has 4 rings (SSSR count). The van der Waals surface area contributed by atoms with Crippen LogP contribution < -0.4 is 20.9 Å². The monoisotopic (exact) mass is 357 g/mol. The molecule has 1 aromatic rings. The van der Waals surface area contributed by atoms with E-state index in [4.69, 9.17) is 5.73 Å². The van der Waals surface area contributed by atoms with Crippen molar-refractivity contribution >= 4 is 23.1 Å². The fourth-order valence-electron chi connectivity index (χ4n) is 4.94. The van der Waals surface area contributed by atoms with Crippen LogP contribution in [0.1, 0.15) is 51.4 Å². The van der Waals surface area contributed by atoms with Crippen molar-refractivity contribution in [2.45, 2.75) is 69.5 Å². The lowest BCUT2D eigenvalue weighted by Crippen LogP contribution is -2.44. The summed E-state index contributed by atoms with van der Waals surface area (Å²) in [5.41, 5.74) is 8.05. The topological polar surface area (TPSA) is 74.5 Å². The highest BCUT2D eigenvalue weighted by Crippen LogP contribution is 2.41. The first kappa shape index (κ1) is 17.6. The maximum Gasteiger partial charge on any atom is 0.232 e. The highest BCUT2D eigenvalue weighted by atomic mass is 16.2. The number of amides is 1. The molecular formula is C20H31N5O. The molecule has 6 heteroatoms. The van der Waals surface area contributed by atoms with Gasteiger partial charge in [-0.1, -0.05) is 12.8 Å². The summed E-state index contributed by atoms with van der Waals surface area (Å²) in [7, 11) is 4.03. The molecule has 0 saturated heterocycles. The van der Waals surface area contributed by atoms with E-state index in [0.717, 1.165) is 62.1 Å². The van der Waals surface area contributed by atoms with Crippen LogP contribution in [0, 0.1) is 5.92 Å². The number of carbonyl (C=O) groups is 1. The highest BCUT2D eigenvalue weighted by Gasteiger charge is 2.39. The Bertz CT molecular complexity index is 670. The first-order chi connectivity index (χ1) is 12.5. The fraction of sp³-hybridized carbons (Fsp3) is 0.700. The average molecular weight is 358 g/mol. The largest absolute Gasteiger partial charge is 0.369 e. The zero-order valence-corrected chi connectivity index (χ0v) is 15.9. The normalized spacial score (nSPS) is 31.9. The number of fused-ring (bicyclic) bond motifs is 2. The Balaban J connectivity index is 1.60. The molecule has 6 nitrogen and oxygen atoms in total. The number of hydrogen-bond acceptors (Lipinski definition) is 5. The van der Waals surface area contributed by atoms with Gasteiger partial charge >= 0.3 is 0 Å². The molecule has 1 aliphatic heterocycles. The smallest absolute Gasteiger partial charge is 0.232 e. The summed E-state index contributed by atoms with van der Waals surface area (Å²) in [5.74, 6) is 1.25. The van der Waals surface area contributed by atoms with Crippen LogP contribution in [0.15, 0.2) is 12.3 Å². The maximum atomic E-state index is 13.0. The number of carbonyl (C=O) groups excluding carboxylic acids is 1. The number of hydrogen-bond donors (Lipinski definition) is 2. The van der Waals surface area contributed by atoms with Crippen molar-refractivity contribution in [2.24, 2.45) is 11.7 Å². The first-order valence-electron chi connectivity index (χ1n) is 10.1. The average Bonchev–Trinajstić information content (AvgIpc) is 2.74. The summed E-state index contributed by atoms with van der Waals surface area (Å²) >= 11 is 0. The minimum Gasteiger partial charge on any atom is -0.369 e. The van der Waals surface area contributed by atoms with E-state index in [1.807, 2.05) is 18.1 Å². The number of pyridine rings is 1. The second-order valence-electron chi connectivity index (χ2n) is 8.28. The Morgan fingerprint density at radius 2 is 1.81 bits per heavy atom. The van der Waals surface area contributed by atoms with Gasteiger partial charge < -0.3 is 20.9 Å². The van der Waals surface area contributed by atoms with Crippen molar-refractivity contribution in [1.29, 1.82) is 0 Å². The van der Waals surface area contributed by atoms with Crippen molar-refractivity contribution in [3.8, 4) is 0 Å². The summed E-state index contributed by atoms with van der Waals surface area (Å²) in [5, 5.41) is 3.59. The number of nitrogens with zero attached hydrogens (tertiary/aromatic N) is 3. The molecule has 1 aromatic heterocycles. The molecular weight excluding hydrogens is 326 g/mol. The van der Waals surface area contributed by atoms with Crippen LogP contribution in [-0.2, 0) is 4.79 Å². The Labute approximate surface area is 156 Å². The molecule has 1 amide bonds. The molecule has 2 unspecified atom stereocenters. The Kier molecular flexibility index (Phi) is 4.78. The lowest BCUT2D eigenvalue weighted by molar-refractivity contribution is -0.123. The van der Waals surface area contributed by atoms with Gasteiger partial charge in [-0.25, -0.2) is 4.98 Å². The van der Waals surface area contributed by atoms with Gasteiger partial charge in [-0.3, -0.25) is 4.79 Å². The van der Waals surface area contributed by atoms with Crippen molar-refractivity contribution in [3.63, 3.8) is 0 Å². The standard InChI is InChI=1S/C20H31N5O/c1-24-16-6-4-3-5-15(16)20(26)25(2)18-12-22-19(11-17(18)24)23-14-9-7-13(21)8-10-14/h11-16H,3-10,21H2,1-2H3,(H,22,23)/t13-,14-,15?,16?. The lowest BCUT2D eigenvalue weighted by Gasteiger charge is -2.36. The van der Waals surface area contributed by atoms with E-state index in [9.17, 15) is 4.79 Å². The van der Waals surface area contributed by atoms with Crippen LogP contribution in [-0.4, -0.2) is 43.1 Å². The molecule has 142 valence electrons. The molecule has 2 atom stereocenters. The molecule has 0 spiro atoms. The van der Waals surface area contributed by atoms with Gasteiger partial charge in [-0.15, -0.1) is 0 Å². The van der Waals surface area contributed by atoms with Crippen molar-refractivity contribution in [2.75, 3.05) is 29.2 Å². The van der Waals surface area contributed by atoms with Crippen molar-refractivity contribution < 1.29 is 4.79 Å². The van der Waals surface area contributed by atoms with Gasteiger partial charge in [-0.05, 0) is 38.5 Å². The van der Waals surface area contributed by atoms with Gasteiger partial charge in [0.25, 0.3) is 0 Å². The summed E-state index contributed by atoms with van der Waals surface area (Å²) < 4.78 is 0. The Morgan fingerprint density at radius 3 is 2.58 bits per heavy atom. The summed E-state index contributed by atoms with van der Waals surface area (Å²) in [4.78, 5) is 21.7. The molecule has 2 saturated carbocycles. The van der Waals surface area contributed by atoms with E-state index in [1.54, 1.807) is 0 Å². The Hall–Kier alpha value is -1.82. The zero-order chi connectivity index (χ0) is 18.3. The van der Waals surface area contributed by atoms with Gasteiger partial charge in [0.2, 0.25) is 5.91 Å². The Morgan fingerprint density at radius 1 is 1.08 bits per heavy atom. The number of nitrogens with one attached hydrogen (secondary N) is 1. The number of aromatic nitrogens is 1. The van der Waals surface area contributed by atoms with Crippen molar-refractivity contribution in [3.05, 3.63) is 12.3 Å². The van der Waals surface area contributed by atoms with Gasteiger partial charge in [0, 0.05) is 38.3 Å². The minimum atomic E-state index is 0.0994. The number of nitrogens with two attached hydrogens (primary N) is 1. The van der Waals surface area contributed by atoms with E-state index < -0.39 is 0 Å². The lowest BCUT2D eigenvalue weighted by atomic mass is 9.83. The fourth-order valence-corrected chi connectivity index (χ4v) is 4.94. The zero-order valence-electron chi connectivity index (χ0n) is 15.9. The summed E-state index contributed by atoms with van der Waals surface area (Å²) in [6, 6.07) is 3.22. The summed E-state index contributed by atoms with van der Waals surface area (Å²) in [6.45, 7) is 0. The van der Waals surface area contributed by atoms with Gasteiger partial charge in [0.05, 0.1) is 23.5 Å². The van der Waals surface area contributed by atoms with E-state index in [1.165, 1.54) is 6.42 Å². The second-order valence-corrected chi connectivity index (χ2v) is 8.28. The molecule has 2 fully saturated rings. The third kappa shape index (κ3) is 3.15. The third-order valence-corrected chi connectivity index (χ3v) is 6.60. The summed E-state index contributed by atoms with van der Waals surface area (Å²) in [6.07, 6.45) is 10.6. The van der Waals surface area contributed by atoms with Crippen LogP contribution >= 0.6 is 0 Å². The van der Waals surface area contributed by atoms with E-state index in [0.29, 0.717) is 18.1 Å². The van der Waals surface area contributed by atoms with Gasteiger partial charge in [0.1, 0.15) is 5.82 Å². The quantitative estimate of drug-likeness (QED) is 0.851. The number of rotatable bonds is 2. The van der Waals surface area contributed by atoms with E-state index in [-0.39, 0.29) is 11.8 Å². The molecule has 0 radical (unpaired) electrons. The van der Waals surface area contributed by atoms with Crippen LogP contribution in [0.2, 0.25) is 0 Å². The number of anilines is 3. The molecule has 3 N–H and O–H groups in total. The maximum absolute atomic E-state index is 13.0. The highest BCUT2D eigenvalue weighted by molar-refractivity contribution is 6.00.